The Labute approximate surface area is 113 Å². The first-order valence-corrected chi connectivity index (χ1v) is 5.63. The summed E-state index contributed by atoms with van der Waals surface area (Å²) < 4.78 is 13.5. The molecule has 0 bridgehead atoms. The number of hydrogen-bond acceptors (Lipinski definition) is 3. The Hall–Kier alpha value is -2.27. The highest BCUT2D eigenvalue weighted by molar-refractivity contribution is 6.32. The van der Waals surface area contributed by atoms with E-state index in [0.717, 1.165) is 12.1 Å². The summed E-state index contributed by atoms with van der Waals surface area (Å²) in [5, 5.41) is 20.7. The zero-order valence-electron chi connectivity index (χ0n) is 9.52. The number of carbonyl (C=O) groups is 1. The summed E-state index contributed by atoms with van der Waals surface area (Å²) in [6, 6.07) is 7.52. The largest absolute Gasteiger partial charge is 0.508 e. The normalized spacial score (nSPS) is 10.2. The van der Waals surface area contributed by atoms with E-state index in [1.165, 1.54) is 24.3 Å². The Morgan fingerprint density at radius 1 is 1.21 bits per heavy atom. The zero-order chi connectivity index (χ0) is 14.0. The summed E-state index contributed by atoms with van der Waals surface area (Å²) >= 11 is 5.63. The van der Waals surface area contributed by atoms with Crippen molar-refractivity contribution in [3.05, 3.63) is 52.8 Å². The predicted octanol–water partition coefficient (Wildman–Crippen LogP) is 3.14. The van der Waals surface area contributed by atoms with Crippen LogP contribution in [0, 0.1) is 5.82 Å². The molecule has 0 saturated heterocycles. The number of anilines is 1. The number of phenols is 2. The highest BCUT2D eigenvalue weighted by Crippen LogP contribution is 2.29. The molecule has 2 rings (SSSR count). The van der Waals surface area contributed by atoms with Gasteiger partial charge in [-0.25, -0.2) is 4.39 Å². The van der Waals surface area contributed by atoms with Crippen LogP contribution in [0.1, 0.15) is 10.4 Å². The van der Waals surface area contributed by atoms with E-state index in [2.05, 4.69) is 5.32 Å². The predicted molar refractivity (Wildman–Crippen MR) is 69.1 cm³/mol. The monoisotopic (exact) mass is 281 g/mol. The molecule has 0 aromatic heterocycles. The Kier molecular flexibility index (Phi) is 3.57. The van der Waals surface area contributed by atoms with Crippen LogP contribution in [-0.2, 0) is 0 Å². The lowest BCUT2D eigenvalue weighted by molar-refractivity contribution is 0.102. The van der Waals surface area contributed by atoms with E-state index in [1.807, 2.05) is 0 Å². The van der Waals surface area contributed by atoms with Crippen LogP contribution in [0.3, 0.4) is 0 Å². The summed E-state index contributed by atoms with van der Waals surface area (Å²) in [7, 11) is 0. The van der Waals surface area contributed by atoms with Gasteiger partial charge in [0.25, 0.3) is 5.91 Å². The second-order valence-corrected chi connectivity index (χ2v) is 4.20. The van der Waals surface area contributed by atoms with Crippen molar-refractivity contribution in [1.29, 1.82) is 0 Å². The summed E-state index contributed by atoms with van der Waals surface area (Å²) in [4.78, 5) is 11.8. The average molecular weight is 282 g/mol. The fourth-order valence-electron chi connectivity index (χ4n) is 1.47. The van der Waals surface area contributed by atoms with Gasteiger partial charge >= 0.3 is 0 Å². The molecule has 0 aliphatic rings. The zero-order valence-corrected chi connectivity index (χ0v) is 10.3. The third-order valence-electron chi connectivity index (χ3n) is 2.39. The van der Waals surface area contributed by atoms with Gasteiger partial charge in [0, 0.05) is 11.6 Å². The summed E-state index contributed by atoms with van der Waals surface area (Å²) in [6.45, 7) is 0. The third-order valence-corrected chi connectivity index (χ3v) is 2.70. The number of carbonyl (C=O) groups excluding carboxylic acids is 1. The minimum atomic E-state index is -0.810. The van der Waals surface area contributed by atoms with Crippen molar-refractivity contribution in [3.8, 4) is 11.5 Å². The number of halogens is 2. The Balaban J connectivity index is 2.27. The lowest BCUT2D eigenvalue weighted by atomic mass is 10.2. The molecular weight excluding hydrogens is 273 g/mol. The minimum absolute atomic E-state index is 0.0724. The highest BCUT2D eigenvalue weighted by Gasteiger charge is 2.12. The van der Waals surface area contributed by atoms with Crippen LogP contribution in [0.25, 0.3) is 0 Å². The molecule has 0 aliphatic heterocycles. The number of hydrogen-bond donors (Lipinski definition) is 3. The standard InChI is InChI=1S/C13H9ClFNO3/c14-9-5-11(10(15)6-12(9)18)16-13(19)7-2-1-3-8(17)4-7/h1-6,17-18H,(H,16,19). The molecule has 0 radical (unpaired) electrons. The highest BCUT2D eigenvalue weighted by atomic mass is 35.5. The number of rotatable bonds is 2. The van der Waals surface area contributed by atoms with E-state index in [-0.39, 0.29) is 22.0 Å². The molecule has 2 aromatic carbocycles. The van der Waals surface area contributed by atoms with E-state index < -0.39 is 17.5 Å². The summed E-state index contributed by atoms with van der Waals surface area (Å²) in [5.74, 6) is -1.89. The summed E-state index contributed by atoms with van der Waals surface area (Å²) in [6.07, 6.45) is 0. The molecule has 0 aliphatic carbocycles. The Morgan fingerprint density at radius 3 is 2.63 bits per heavy atom. The smallest absolute Gasteiger partial charge is 0.255 e. The van der Waals surface area contributed by atoms with Crippen LogP contribution in [0.4, 0.5) is 10.1 Å². The maximum atomic E-state index is 13.5. The van der Waals surface area contributed by atoms with Gasteiger partial charge in [-0.1, -0.05) is 17.7 Å². The molecule has 4 nitrogen and oxygen atoms in total. The van der Waals surface area contributed by atoms with Crippen molar-refractivity contribution < 1.29 is 19.4 Å². The molecule has 0 heterocycles. The molecule has 3 N–H and O–H groups in total. The van der Waals surface area contributed by atoms with Crippen LogP contribution in [0.5, 0.6) is 11.5 Å². The van der Waals surface area contributed by atoms with Crippen LogP contribution in [0.15, 0.2) is 36.4 Å². The number of phenolic OH excluding ortho intramolecular Hbond substituents is 2. The van der Waals surface area contributed by atoms with Crippen molar-refractivity contribution in [2.24, 2.45) is 0 Å². The number of nitrogens with one attached hydrogen (secondary N) is 1. The van der Waals surface area contributed by atoms with Crippen LogP contribution < -0.4 is 5.32 Å². The number of amides is 1. The van der Waals surface area contributed by atoms with Gasteiger partial charge in [-0.15, -0.1) is 0 Å². The van der Waals surface area contributed by atoms with Gasteiger partial charge in [-0.3, -0.25) is 4.79 Å². The first-order chi connectivity index (χ1) is 8.97. The van der Waals surface area contributed by atoms with Crippen LogP contribution in [-0.4, -0.2) is 16.1 Å². The second-order valence-electron chi connectivity index (χ2n) is 3.79. The van der Waals surface area contributed by atoms with Crippen molar-refractivity contribution in [2.45, 2.75) is 0 Å². The maximum absolute atomic E-state index is 13.5. The van der Waals surface area contributed by atoms with Crippen molar-refractivity contribution in [2.75, 3.05) is 5.32 Å². The van der Waals surface area contributed by atoms with Gasteiger partial charge in [0.2, 0.25) is 0 Å². The molecule has 19 heavy (non-hydrogen) atoms. The molecule has 0 fully saturated rings. The van der Waals surface area contributed by atoms with Crippen molar-refractivity contribution in [3.63, 3.8) is 0 Å². The van der Waals surface area contributed by atoms with E-state index in [4.69, 9.17) is 11.6 Å². The van der Waals surface area contributed by atoms with Crippen LogP contribution >= 0.6 is 11.6 Å². The lowest BCUT2D eigenvalue weighted by Gasteiger charge is -2.08. The fourth-order valence-corrected chi connectivity index (χ4v) is 1.64. The van der Waals surface area contributed by atoms with E-state index >= 15 is 0 Å². The molecular formula is C13H9ClFNO3. The van der Waals surface area contributed by atoms with Gasteiger partial charge in [0.15, 0.2) is 5.82 Å². The minimum Gasteiger partial charge on any atom is -0.508 e. The van der Waals surface area contributed by atoms with Gasteiger partial charge in [0.05, 0.1) is 10.7 Å². The van der Waals surface area contributed by atoms with Gasteiger partial charge in [-0.2, -0.15) is 0 Å². The fraction of sp³-hybridized carbons (Fsp3) is 0. The lowest BCUT2D eigenvalue weighted by Crippen LogP contribution is -2.12. The van der Waals surface area contributed by atoms with Crippen molar-refractivity contribution >= 4 is 23.2 Å². The number of benzene rings is 2. The van der Waals surface area contributed by atoms with E-state index in [1.54, 1.807) is 0 Å². The van der Waals surface area contributed by atoms with Crippen molar-refractivity contribution in [1.82, 2.24) is 0 Å². The van der Waals surface area contributed by atoms with Crippen LogP contribution in [0.2, 0.25) is 5.02 Å². The third kappa shape index (κ3) is 2.95. The first-order valence-electron chi connectivity index (χ1n) is 5.26. The van der Waals surface area contributed by atoms with E-state index in [0.29, 0.717) is 0 Å². The topological polar surface area (TPSA) is 69.6 Å². The molecule has 1 amide bonds. The van der Waals surface area contributed by atoms with Gasteiger partial charge in [-0.05, 0) is 24.3 Å². The second kappa shape index (κ2) is 5.16. The Morgan fingerprint density at radius 2 is 1.95 bits per heavy atom. The first kappa shape index (κ1) is 13.2. The molecule has 98 valence electrons. The quantitative estimate of drug-likeness (QED) is 0.741. The van der Waals surface area contributed by atoms with Gasteiger partial charge in [0.1, 0.15) is 11.5 Å². The van der Waals surface area contributed by atoms with Gasteiger partial charge < -0.3 is 15.5 Å². The molecule has 0 atom stereocenters. The molecule has 0 unspecified atom stereocenters. The summed E-state index contributed by atoms with van der Waals surface area (Å²) in [5.41, 5.74) is 0.0136. The Bertz CT molecular complexity index is 646. The SMILES string of the molecule is O=C(Nc1cc(Cl)c(O)cc1F)c1cccc(O)c1. The van der Waals surface area contributed by atoms with E-state index in [9.17, 15) is 19.4 Å². The number of aromatic hydroxyl groups is 2. The molecule has 0 spiro atoms. The molecule has 0 saturated carbocycles. The molecule has 2 aromatic rings. The maximum Gasteiger partial charge on any atom is 0.255 e. The average Bonchev–Trinajstić information content (AvgIpc) is 2.36. The molecule has 6 heteroatoms.